The van der Waals surface area contributed by atoms with Crippen LogP contribution in [0.2, 0.25) is 0 Å². The van der Waals surface area contributed by atoms with Crippen molar-refractivity contribution in [3.63, 3.8) is 0 Å². The molecule has 1 aliphatic heterocycles. The van der Waals surface area contributed by atoms with Crippen LogP contribution in [0.25, 0.3) is 5.57 Å². The Kier molecular flexibility index (Phi) is 4.73. The maximum atomic E-state index is 12.0. The Morgan fingerprint density at radius 2 is 2.00 bits per heavy atom. The van der Waals surface area contributed by atoms with Gasteiger partial charge >= 0.3 is 6.09 Å². The Hall–Kier alpha value is -2.37. The van der Waals surface area contributed by atoms with Crippen molar-refractivity contribution >= 4 is 17.4 Å². The molecule has 0 atom stereocenters. The first-order valence-electron chi connectivity index (χ1n) is 7.59. The average molecular weight is 318 g/mol. The molecule has 0 aliphatic carbocycles. The molecule has 0 unspecified atom stereocenters. The molecule has 0 fully saturated rings. The van der Waals surface area contributed by atoms with Gasteiger partial charge in [-0.3, -0.25) is 10.1 Å². The minimum Gasteiger partial charge on any atom is -0.444 e. The van der Waals surface area contributed by atoms with Gasteiger partial charge in [0, 0.05) is 25.2 Å². The summed E-state index contributed by atoms with van der Waals surface area (Å²) in [7, 11) is 0. The summed E-state index contributed by atoms with van der Waals surface area (Å²) in [6, 6.07) is 5.07. The first-order valence-corrected chi connectivity index (χ1v) is 7.59. The molecule has 0 N–H and O–H groups in total. The fourth-order valence-electron chi connectivity index (χ4n) is 2.48. The van der Waals surface area contributed by atoms with Crippen LogP contribution in [0, 0.1) is 17.0 Å². The van der Waals surface area contributed by atoms with Gasteiger partial charge in [0.1, 0.15) is 5.60 Å². The molecule has 124 valence electrons. The van der Waals surface area contributed by atoms with Crippen LogP contribution in [0.15, 0.2) is 24.3 Å². The van der Waals surface area contributed by atoms with Gasteiger partial charge in [0.2, 0.25) is 0 Å². The van der Waals surface area contributed by atoms with Gasteiger partial charge in [0.05, 0.1) is 4.92 Å². The highest BCUT2D eigenvalue weighted by atomic mass is 16.6. The van der Waals surface area contributed by atoms with E-state index in [2.05, 4.69) is 0 Å². The molecule has 6 heteroatoms. The largest absolute Gasteiger partial charge is 0.444 e. The monoisotopic (exact) mass is 318 g/mol. The normalized spacial score (nSPS) is 15.1. The van der Waals surface area contributed by atoms with E-state index in [1.54, 1.807) is 17.0 Å². The number of carbonyl (C=O) groups excluding carboxylic acids is 1. The second-order valence-corrected chi connectivity index (χ2v) is 6.72. The van der Waals surface area contributed by atoms with Crippen molar-refractivity contribution in [2.45, 2.75) is 39.7 Å². The highest BCUT2D eigenvalue weighted by Gasteiger charge is 2.24. The molecule has 1 amide bonds. The molecule has 23 heavy (non-hydrogen) atoms. The number of rotatable bonds is 2. The lowest BCUT2D eigenvalue weighted by Crippen LogP contribution is -2.39. The molecule has 0 aromatic heterocycles. The standard InChI is InChI=1S/C17H22N2O4/c1-12-9-14(11-15(10-12)19(21)22)13-5-7-18(8-6-13)16(20)23-17(2,3)4/h5,9-11H,6-8H2,1-4H3. The number of non-ortho nitro benzene ring substituents is 1. The van der Waals surface area contributed by atoms with Crippen LogP contribution in [0.3, 0.4) is 0 Å². The number of nitrogens with zero attached hydrogens (tertiary/aromatic N) is 2. The summed E-state index contributed by atoms with van der Waals surface area (Å²) in [6.45, 7) is 8.34. The third-order valence-electron chi connectivity index (χ3n) is 3.50. The van der Waals surface area contributed by atoms with Gasteiger partial charge in [0.25, 0.3) is 5.69 Å². The van der Waals surface area contributed by atoms with Crippen molar-refractivity contribution in [1.82, 2.24) is 4.90 Å². The van der Waals surface area contributed by atoms with Crippen LogP contribution in [0.4, 0.5) is 10.5 Å². The van der Waals surface area contributed by atoms with Crippen molar-refractivity contribution in [3.05, 3.63) is 45.5 Å². The number of amides is 1. The minimum atomic E-state index is -0.516. The summed E-state index contributed by atoms with van der Waals surface area (Å²) in [5, 5.41) is 11.0. The molecule has 6 nitrogen and oxygen atoms in total. The molecule has 0 bridgehead atoms. The number of hydrogen-bond acceptors (Lipinski definition) is 4. The van der Waals surface area contributed by atoms with E-state index >= 15 is 0 Å². The highest BCUT2D eigenvalue weighted by Crippen LogP contribution is 2.27. The predicted molar refractivity (Wildman–Crippen MR) is 88.2 cm³/mol. The zero-order valence-corrected chi connectivity index (χ0v) is 14.0. The summed E-state index contributed by atoms with van der Waals surface area (Å²) >= 11 is 0. The van der Waals surface area contributed by atoms with E-state index in [1.807, 2.05) is 39.8 Å². The molecule has 0 radical (unpaired) electrons. The second kappa shape index (κ2) is 6.40. The number of hydrogen-bond donors (Lipinski definition) is 0. The van der Waals surface area contributed by atoms with Gasteiger partial charge in [-0.05, 0) is 50.8 Å². The lowest BCUT2D eigenvalue weighted by molar-refractivity contribution is -0.384. The number of aryl methyl sites for hydroxylation is 1. The molecule has 2 rings (SSSR count). The number of nitro groups is 1. The Balaban J connectivity index is 2.13. The quantitative estimate of drug-likeness (QED) is 0.612. The van der Waals surface area contributed by atoms with E-state index < -0.39 is 5.60 Å². The van der Waals surface area contributed by atoms with Crippen LogP contribution >= 0.6 is 0 Å². The number of benzene rings is 1. The smallest absolute Gasteiger partial charge is 0.410 e. The van der Waals surface area contributed by atoms with Crippen LogP contribution in [-0.4, -0.2) is 34.6 Å². The lowest BCUT2D eigenvalue weighted by atomic mass is 9.97. The van der Waals surface area contributed by atoms with E-state index in [4.69, 9.17) is 4.74 Å². The van der Waals surface area contributed by atoms with Gasteiger partial charge in [-0.1, -0.05) is 12.1 Å². The van der Waals surface area contributed by atoms with E-state index in [1.165, 1.54) is 0 Å². The van der Waals surface area contributed by atoms with Crippen molar-refractivity contribution in [2.24, 2.45) is 0 Å². The molecular formula is C17H22N2O4. The van der Waals surface area contributed by atoms with E-state index in [0.717, 1.165) is 16.7 Å². The Bertz CT molecular complexity index is 659. The number of ether oxygens (including phenoxy) is 1. The van der Waals surface area contributed by atoms with Crippen LogP contribution in [0.5, 0.6) is 0 Å². The fourth-order valence-corrected chi connectivity index (χ4v) is 2.48. The van der Waals surface area contributed by atoms with E-state index in [-0.39, 0.29) is 16.7 Å². The summed E-state index contributed by atoms with van der Waals surface area (Å²) in [5.41, 5.74) is 2.30. The van der Waals surface area contributed by atoms with Gasteiger partial charge < -0.3 is 9.64 Å². The lowest BCUT2D eigenvalue weighted by Gasteiger charge is -2.29. The third kappa shape index (κ3) is 4.55. The Labute approximate surface area is 135 Å². The van der Waals surface area contributed by atoms with E-state index in [9.17, 15) is 14.9 Å². The maximum Gasteiger partial charge on any atom is 0.410 e. The zero-order chi connectivity index (χ0) is 17.2. The van der Waals surface area contributed by atoms with Gasteiger partial charge in [-0.15, -0.1) is 0 Å². The molecule has 1 aromatic carbocycles. The van der Waals surface area contributed by atoms with Crippen molar-refractivity contribution in [2.75, 3.05) is 13.1 Å². The fraction of sp³-hybridized carbons (Fsp3) is 0.471. The van der Waals surface area contributed by atoms with Crippen molar-refractivity contribution in [3.8, 4) is 0 Å². The van der Waals surface area contributed by atoms with Gasteiger partial charge in [0.15, 0.2) is 0 Å². The minimum absolute atomic E-state index is 0.0930. The first kappa shape index (κ1) is 17.0. The second-order valence-electron chi connectivity index (χ2n) is 6.72. The zero-order valence-electron chi connectivity index (χ0n) is 14.0. The molecule has 0 saturated carbocycles. The van der Waals surface area contributed by atoms with Gasteiger partial charge in [-0.2, -0.15) is 0 Å². The number of carbonyl (C=O) groups is 1. The summed E-state index contributed by atoms with van der Waals surface area (Å²) < 4.78 is 5.36. The van der Waals surface area contributed by atoms with Crippen molar-refractivity contribution < 1.29 is 14.5 Å². The molecule has 0 saturated heterocycles. The molecule has 0 spiro atoms. The maximum absolute atomic E-state index is 12.0. The van der Waals surface area contributed by atoms with E-state index in [0.29, 0.717) is 19.5 Å². The molecule has 1 aliphatic rings. The van der Waals surface area contributed by atoms with Crippen molar-refractivity contribution in [1.29, 1.82) is 0 Å². The van der Waals surface area contributed by atoms with Crippen LogP contribution in [-0.2, 0) is 4.74 Å². The highest BCUT2D eigenvalue weighted by molar-refractivity contribution is 5.73. The van der Waals surface area contributed by atoms with Crippen LogP contribution in [0.1, 0.15) is 38.3 Å². The molecule has 1 heterocycles. The first-order chi connectivity index (χ1) is 10.7. The predicted octanol–water partition coefficient (Wildman–Crippen LogP) is 3.93. The third-order valence-corrected chi connectivity index (χ3v) is 3.50. The number of nitro benzene ring substituents is 1. The Morgan fingerprint density at radius 1 is 1.30 bits per heavy atom. The summed E-state index contributed by atoms with van der Waals surface area (Å²) in [4.78, 5) is 24.3. The SMILES string of the molecule is Cc1cc(C2=CCN(C(=O)OC(C)(C)C)CC2)cc([N+](=O)[O-])c1. The molecular weight excluding hydrogens is 296 g/mol. The summed E-state index contributed by atoms with van der Waals surface area (Å²) in [6.07, 6.45) is 2.26. The van der Waals surface area contributed by atoms with Crippen LogP contribution < -0.4 is 0 Å². The topological polar surface area (TPSA) is 72.7 Å². The Morgan fingerprint density at radius 3 is 2.52 bits per heavy atom. The van der Waals surface area contributed by atoms with Gasteiger partial charge in [-0.25, -0.2) is 4.79 Å². The average Bonchev–Trinajstić information content (AvgIpc) is 2.45. The molecule has 1 aromatic rings. The summed E-state index contributed by atoms with van der Waals surface area (Å²) in [5.74, 6) is 0.